The Morgan fingerprint density at radius 2 is 1.80 bits per heavy atom. The van der Waals surface area contributed by atoms with Crippen LogP contribution < -0.4 is 14.8 Å². The number of aromatic carboxylic acids is 1. The van der Waals surface area contributed by atoms with Crippen LogP contribution in [0.4, 0.5) is 5.69 Å². The van der Waals surface area contributed by atoms with E-state index in [9.17, 15) is 9.90 Å². The molecule has 5 nitrogen and oxygen atoms in total. The molecule has 2 N–H and O–H groups in total. The summed E-state index contributed by atoms with van der Waals surface area (Å²) >= 11 is 3.60. The number of nitrogens with one attached hydrogen (secondary N) is 1. The standard InChI is InChI=1S/C24H24BrNO4/c1-3-29-22-12-18(14-26-21-13-19(24(27)28)10-9-16(21)2)11-20(25)23(22)30-15-17-7-5-4-6-8-17/h4-13,26H,3,14-15H2,1-2H3,(H,27,28). The quantitative estimate of drug-likeness (QED) is 0.399. The van der Waals surface area contributed by atoms with Gasteiger partial charge in [0.05, 0.1) is 16.6 Å². The predicted octanol–water partition coefficient (Wildman–Crippen LogP) is 6.05. The zero-order chi connectivity index (χ0) is 21.5. The zero-order valence-electron chi connectivity index (χ0n) is 16.9. The van der Waals surface area contributed by atoms with Crippen molar-refractivity contribution in [1.29, 1.82) is 0 Å². The summed E-state index contributed by atoms with van der Waals surface area (Å²) in [6, 6.07) is 18.9. The number of carbonyl (C=O) groups is 1. The average molecular weight is 470 g/mol. The summed E-state index contributed by atoms with van der Waals surface area (Å²) in [6.45, 7) is 5.35. The molecule has 0 aromatic heterocycles. The smallest absolute Gasteiger partial charge is 0.335 e. The van der Waals surface area contributed by atoms with Crippen molar-refractivity contribution in [2.24, 2.45) is 0 Å². The minimum atomic E-state index is -0.945. The van der Waals surface area contributed by atoms with E-state index >= 15 is 0 Å². The fourth-order valence-electron chi connectivity index (χ4n) is 3.00. The molecular formula is C24H24BrNO4. The second kappa shape index (κ2) is 10.2. The molecule has 0 unspecified atom stereocenters. The van der Waals surface area contributed by atoms with E-state index < -0.39 is 5.97 Å². The van der Waals surface area contributed by atoms with Gasteiger partial charge in [-0.25, -0.2) is 4.79 Å². The van der Waals surface area contributed by atoms with Crippen molar-refractivity contribution in [1.82, 2.24) is 0 Å². The summed E-state index contributed by atoms with van der Waals surface area (Å²) in [5, 5.41) is 12.5. The molecule has 3 rings (SSSR count). The highest BCUT2D eigenvalue weighted by Crippen LogP contribution is 2.37. The maximum atomic E-state index is 11.2. The third-order valence-electron chi connectivity index (χ3n) is 4.56. The van der Waals surface area contributed by atoms with Crippen LogP contribution in [0.3, 0.4) is 0 Å². The highest BCUT2D eigenvalue weighted by atomic mass is 79.9. The monoisotopic (exact) mass is 469 g/mol. The molecule has 0 spiro atoms. The van der Waals surface area contributed by atoms with Gasteiger partial charge in [0.2, 0.25) is 0 Å². The third-order valence-corrected chi connectivity index (χ3v) is 5.15. The van der Waals surface area contributed by atoms with Crippen molar-refractivity contribution in [3.63, 3.8) is 0 Å². The van der Waals surface area contributed by atoms with Crippen LogP contribution in [0, 0.1) is 6.92 Å². The second-order valence-electron chi connectivity index (χ2n) is 6.80. The first kappa shape index (κ1) is 21.7. The van der Waals surface area contributed by atoms with Crippen molar-refractivity contribution >= 4 is 27.6 Å². The average Bonchev–Trinajstić information content (AvgIpc) is 2.73. The third kappa shape index (κ3) is 5.54. The number of aryl methyl sites for hydroxylation is 1. The van der Waals surface area contributed by atoms with E-state index in [1.165, 1.54) is 0 Å². The first-order valence-corrected chi connectivity index (χ1v) is 10.5. The van der Waals surface area contributed by atoms with Gasteiger partial charge in [0, 0.05) is 12.2 Å². The predicted molar refractivity (Wildman–Crippen MR) is 122 cm³/mol. The fraction of sp³-hybridized carbons (Fsp3) is 0.208. The van der Waals surface area contributed by atoms with E-state index in [1.807, 2.05) is 56.3 Å². The Balaban J connectivity index is 1.78. The molecule has 0 aliphatic carbocycles. The van der Waals surface area contributed by atoms with Gasteiger partial charge in [0.25, 0.3) is 0 Å². The van der Waals surface area contributed by atoms with E-state index in [0.717, 1.165) is 26.9 Å². The largest absolute Gasteiger partial charge is 0.490 e. The molecule has 0 bridgehead atoms. The summed E-state index contributed by atoms with van der Waals surface area (Å²) in [7, 11) is 0. The summed E-state index contributed by atoms with van der Waals surface area (Å²) in [6.07, 6.45) is 0. The number of benzene rings is 3. The molecule has 0 heterocycles. The molecule has 156 valence electrons. The van der Waals surface area contributed by atoms with Crippen LogP contribution in [-0.4, -0.2) is 17.7 Å². The molecule has 0 saturated heterocycles. The van der Waals surface area contributed by atoms with Crippen LogP contribution in [0.5, 0.6) is 11.5 Å². The molecule has 0 atom stereocenters. The molecule has 0 aliphatic heterocycles. The normalized spacial score (nSPS) is 10.5. The van der Waals surface area contributed by atoms with E-state index in [4.69, 9.17) is 9.47 Å². The lowest BCUT2D eigenvalue weighted by molar-refractivity contribution is 0.0697. The number of ether oxygens (including phenoxy) is 2. The Morgan fingerprint density at radius 3 is 2.50 bits per heavy atom. The molecule has 0 aliphatic rings. The van der Waals surface area contributed by atoms with Gasteiger partial charge in [-0.1, -0.05) is 36.4 Å². The molecule has 30 heavy (non-hydrogen) atoms. The minimum absolute atomic E-state index is 0.254. The topological polar surface area (TPSA) is 67.8 Å². The molecule has 3 aromatic carbocycles. The molecule has 0 radical (unpaired) electrons. The number of anilines is 1. The van der Waals surface area contributed by atoms with E-state index in [1.54, 1.807) is 18.2 Å². The first-order valence-electron chi connectivity index (χ1n) is 9.67. The van der Waals surface area contributed by atoms with Crippen molar-refractivity contribution in [3.05, 3.63) is 87.4 Å². The molecular weight excluding hydrogens is 446 g/mol. The van der Waals surface area contributed by atoms with Crippen LogP contribution in [0.15, 0.2) is 65.1 Å². The molecule has 3 aromatic rings. The van der Waals surface area contributed by atoms with Crippen molar-refractivity contribution in [2.75, 3.05) is 11.9 Å². The lowest BCUT2D eigenvalue weighted by atomic mass is 10.1. The van der Waals surface area contributed by atoms with Gasteiger partial charge >= 0.3 is 5.97 Å². The van der Waals surface area contributed by atoms with E-state index in [2.05, 4.69) is 21.2 Å². The van der Waals surface area contributed by atoms with Crippen LogP contribution >= 0.6 is 15.9 Å². The van der Waals surface area contributed by atoms with Crippen LogP contribution in [-0.2, 0) is 13.2 Å². The van der Waals surface area contributed by atoms with Crippen LogP contribution in [0.2, 0.25) is 0 Å². The summed E-state index contributed by atoms with van der Waals surface area (Å²) in [5.41, 5.74) is 4.08. The molecule has 6 heteroatoms. The van der Waals surface area contributed by atoms with Crippen LogP contribution in [0.1, 0.15) is 34.0 Å². The molecule has 0 saturated carbocycles. The SMILES string of the molecule is CCOc1cc(CNc2cc(C(=O)O)ccc2C)cc(Br)c1OCc1ccccc1. The van der Waals surface area contributed by atoms with Crippen molar-refractivity contribution in [2.45, 2.75) is 27.0 Å². The number of halogens is 1. The molecule has 0 fully saturated rings. The summed E-state index contributed by atoms with van der Waals surface area (Å²) in [4.78, 5) is 11.2. The number of carboxylic acids is 1. The lowest BCUT2D eigenvalue weighted by Gasteiger charge is -2.17. The van der Waals surface area contributed by atoms with Gasteiger partial charge in [0.15, 0.2) is 11.5 Å². The highest BCUT2D eigenvalue weighted by molar-refractivity contribution is 9.10. The van der Waals surface area contributed by atoms with E-state index in [0.29, 0.717) is 31.3 Å². The van der Waals surface area contributed by atoms with Gasteiger partial charge in [-0.3, -0.25) is 0 Å². The zero-order valence-corrected chi connectivity index (χ0v) is 18.5. The molecule has 0 amide bonds. The maximum Gasteiger partial charge on any atom is 0.335 e. The number of carboxylic acid groups (broad SMARTS) is 1. The first-order chi connectivity index (χ1) is 14.5. The lowest BCUT2D eigenvalue weighted by Crippen LogP contribution is -2.06. The Hall–Kier alpha value is -2.99. The van der Waals surface area contributed by atoms with Gasteiger partial charge in [-0.15, -0.1) is 0 Å². The van der Waals surface area contributed by atoms with Gasteiger partial charge in [0.1, 0.15) is 6.61 Å². The summed E-state index contributed by atoms with van der Waals surface area (Å²) in [5.74, 6) is 0.378. The van der Waals surface area contributed by atoms with Crippen LogP contribution in [0.25, 0.3) is 0 Å². The highest BCUT2D eigenvalue weighted by Gasteiger charge is 2.13. The number of rotatable bonds is 9. The van der Waals surface area contributed by atoms with Gasteiger partial charge in [-0.05, 0) is 70.7 Å². The number of hydrogen-bond donors (Lipinski definition) is 2. The Morgan fingerprint density at radius 1 is 1.03 bits per heavy atom. The van der Waals surface area contributed by atoms with Crippen molar-refractivity contribution in [3.8, 4) is 11.5 Å². The maximum absolute atomic E-state index is 11.2. The van der Waals surface area contributed by atoms with Gasteiger partial charge in [-0.2, -0.15) is 0 Å². The fourth-order valence-corrected chi connectivity index (χ4v) is 3.60. The Kier molecular flexibility index (Phi) is 7.36. The van der Waals surface area contributed by atoms with Gasteiger partial charge < -0.3 is 19.9 Å². The Labute approximate surface area is 184 Å². The minimum Gasteiger partial charge on any atom is -0.490 e. The second-order valence-corrected chi connectivity index (χ2v) is 7.65. The van der Waals surface area contributed by atoms with Crippen molar-refractivity contribution < 1.29 is 19.4 Å². The number of hydrogen-bond acceptors (Lipinski definition) is 4. The summed E-state index contributed by atoms with van der Waals surface area (Å²) < 4.78 is 12.6. The van der Waals surface area contributed by atoms with E-state index in [-0.39, 0.29) is 5.56 Å². The Bertz CT molecular complexity index is 1020.